The van der Waals surface area contributed by atoms with E-state index in [0.717, 1.165) is 18.5 Å². The lowest BCUT2D eigenvalue weighted by Gasteiger charge is -2.57. The van der Waals surface area contributed by atoms with E-state index in [4.69, 9.17) is 4.74 Å². The first-order chi connectivity index (χ1) is 12.9. The second-order valence-electron chi connectivity index (χ2n) is 7.23. The van der Waals surface area contributed by atoms with E-state index < -0.39 is 9.84 Å². The van der Waals surface area contributed by atoms with Crippen LogP contribution in [-0.2, 0) is 27.4 Å². The molecule has 142 valence electrons. The van der Waals surface area contributed by atoms with E-state index in [-0.39, 0.29) is 11.4 Å². The van der Waals surface area contributed by atoms with Gasteiger partial charge < -0.3 is 9.64 Å². The first-order valence-corrected chi connectivity index (χ1v) is 10.8. The summed E-state index contributed by atoms with van der Waals surface area (Å²) in [6.45, 7) is 1.98. The maximum atomic E-state index is 12.6. The molecule has 1 amide bonds. The standard InChI is InChI=1S/C19H21N3O4S/c1-27(24,25)16-4-2-3-14(9-16)5-6-17-20-10-15(11-21-17)18(23)22-8-7-19(22)12-26-13-19/h2-4,9-11H,5-8,12-13H2,1H3. The average Bonchev–Trinajstić information content (AvgIpc) is 2.58. The SMILES string of the molecule is CS(=O)(=O)c1cccc(CCc2ncc(C(=O)N3CCC34COC4)cn2)c1. The molecule has 4 rings (SSSR count). The number of ether oxygens (including phenoxy) is 1. The largest absolute Gasteiger partial charge is 0.376 e. The molecule has 0 atom stereocenters. The second-order valence-corrected chi connectivity index (χ2v) is 9.25. The van der Waals surface area contributed by atoms with Crippen LogP contribution in [0.3, 0.4) is 0 Å². The normalized spacial score (nSPS) is 18.0. The molecule has 0 N–H and O–H groups in total. The van der Waals surface area contributed by atoms with E-state index in [1.807, 2.05) is 11.0 Å². The van der Waals surface area contributed by atoms with Gasteiger partial charge in [0.1, 0.15) is 5.82 Å². The molecule has 8 heteroatoms. The second kappa shape index (κ2) is 6.69. The number of sulfone groups is 1. The first-order valence-electron chi connectivity index (χ1n) is 8.87. The Bertz CT molecular complexity index is 963. The molecule has 27 heavy (non-hydrogen) atoms. The van der Waals surface area contributed by atoms with Crippen molar-refractivity contribution in [3.8, 4) is 0 Å². The summed E-state index contributed by atoms with van der Waals surface area (Å²) in [5, 5.41) is 0. The summed E-state index contributed by atoms with van der Waals surface area (Å²) in [5.74, 6) is 0.582. The van der Waals surface area contributed by atoms with Crippen LogP contribution in [0.2, 0.25) is 0 Å². The zero-order chi connectivity index (χ0) is 19.1. The van der Waals surface area contributed by atoms with Gasteiger partial charge in [-0.1, -0.05) is 12.1 Å². The Morgan fingerprint density at radius 2 is 1.96 bits per heavy atom. The van der Waals surface area contributed by atoms with Crippen LogP contribution in [0.15, 0.2) is 41.6 Å². The zero-order valence-corrected chi connectivity index (χ0v) is 15.9. The molecule has 0 unspecified atom stereocenters. The Morgan fingerprint density at radius 1 is 1.22 bits per heavy atom. The van der Waals surface area contributed by atoms with Gasteiger partial charge in [0.25, 0.3) is 5.91 Å². The molecule has 7 nitrogen and oxygen atoms in total. The number of carbonyl (C=O) groups is 1. The number of hydrogen-bond donors (Lipinski definition) is 0. The molecule has 0 bridgehead atoms. The molecule has 1 spiro atoms. The van der Waals surface area contributed by atoms with Crippen molar-refractivity contribution in [2.45, 2.75) is 29.7 Å². The monoisotopic (exact) mass is 387 g/mol. The predicted molar refractivity (Wildman–Crippen MR) is 98.2 cm³/mol. The fraction of sp³-hybridized carbons (Fsp3) is 0.421. The van der Waals surface area contributed by atoms with Crippen LogP contribution >= 0.6 is 0 Å². The van der Waals surface area contributed by atoms with Crippen LogP contribution in [0.25, 0.3) is 0 Å². The van der Waals surface area contributed by atoms with Gasteiger partial charge in [0, 0.05) is 31.6 Å². The van der Waals surface area contributed by atoms with Gasteiger partial charge in [0.15, 0.2) is 9.84 Å². The van der Waals surface area contributed by atoms with Crippen LogP contribution in [0.1, 0.15) is 28.2 Å². The Balaban J connectivity index is 1.39. The van der Waals surface area contributed by atoms with E-state index in [9.17, 15) is 13.2 Å². The van der Waals surface area contributed by atoms with E-state index in [0.29, 0.717) is 42.3 Å². The molecule has 0 aliphatic carbocycles. The van der Waals surface area contributed by atoms with Gasteiger partial charge in [-0.2, -0.15) is 0 Å². The summed E-state index contributed by atoms with van der Waals surface area (Å²) in [4.78, 5) is 23.4. The van der Waals surface area contributed by atoms with Crippen LogP contribution in [0, 0.1) is 0 Å². The minimum absolute atomic E-state index is 0.0445. The van der Waals surface area contributed by atoms with Gasteiger partial charge in [-0.3, -0.25) is 4.79 Å². The van der Waals surface area contributed by atoms with Crippen molar-refractivity contribution in [1.29, 1.82) is 0 Å². The van der Waals surface area contributed by atoms with E-state index in [2.05, 4.69) is 9.97 Å². The molecule has 1 aromatic carbocycles. The summed E-state index contributed by atoms with van der Waals surface area (Å²) in [7, 11) is -3.22. The molecular weight excluding hydrogens is 366 g/mol. The summed E-state index contributed by atoms with van der Waals surface area (Å²) < 4.78 is 28.6. The summed E-state index contributed by atoms with van der Waals surface area (Å²) in [6, 6.07) is 6.89. The van der Waals surface area contributed by atoms with Crippen molar-refractivity contribution >= 4 is 15.7 Å². The van der Waals surface area contributed by atoms with Crippen LogP contribution in [-0.4, -0.2) is 60.7 Å². The molecule has 2 saturated heterocycles. The van der Waals surface area contributed by atoms with Gasteiger partial charge in [-0.05, 0) is 30.5 Å². The highest BCUT2D eigenvalue weighted by Gasteiger charge is 2.53. The van der Waals surface area contributed by atoms with Gasteiger partial charge in [-0.25, -0.2) is 18.4 Å². The highest BCUT2D eigenvalue weighted by molar-refractivity contribution is 7.90. The minimum Gasteiger partial charge on any atom is -0.376 e. The number of nitrogens with zero attached hydrogens (tertiary/aromatic N) is 3. The minimum atomic E-state index is -3.22. The number of aromatic nitrogens is 2. The molecule has 2 fully saturated rings. The van der Waals surface area contributed by atoms with Gasteiger partial charge >= 0.3 is 0 Å². The highest BCUT2D eigenvalue weighted by atomic mass is 32.2. The molecule has 2 aliphatic heterocycles. The quantitative estimate of drug-likeness (QED) is 0.768. The zero-order valence-electron chi connectivity index (χ0n) is 15.1. The van der Waals surface area contributed by atoms with Crippen molar-refractivity contribution < 1.29 is 17.9 Å². The van der Waals surface area contributed by atoms with Crippen molar-refractivity contribution in [2.75, 3.05) is 26.0 Å². The number of rotatable bonds is 5. The topological polar surface area (TPSA) is 89.5 Å². The van der Waals surface area contributed by atoms with Crippen LogP contribution in [0.5, 0.6) is 0 Å². The maximum absolute atomic E-state index is 12.6. The molecule has 2 aromatic rings. The Hall–Kier alpha value is -2.32. The van der Waals surface area contributed by atoms with Crippen molar-refractivity contribution in [2.24, 2.45) is 0 Å². The summed E-state index contributed by atoms with van der Waals surface area (Å²) in [5.41, 5.74) is 1.30. The Morgan fingerprint density at radius 3 is 2.52 bits per heavy atom. The van der Waals surface area contributed by atoms with Crippen molar-refractivity contribution in [1.82, 2.24) is 14.9 Å². The number of hydrogen-bond acceptors (Lipinski definition) is 6. The average molecular weight is 387 g/mol. The van der Waals surface area contributed by atoms with Crippen molar-refractivity contribution in [3.63, 3.8) is 0 Å². The van der Waals surface area contributed by atoms with E-state index in [1.54, 1.807) is 30.6 Å². The highest BCUT2D eigenvalue weighted by Crippen LogP contribution is 2.38. The molecule has 0 radical (unpaired) electrons. The van der Waals surface area contributed by atoms with Crippen molar-refractivity contribution in [3.05, 3.63) is 53.6 Å². The van der Waals surface area contributed by atoms with E-state index >= 15 is 0 Å². The van der Waals surface area contributed by atoms with Crippen LogP contribution < -0.4 is 0 Å². The molecule has 3 heterocycles. The molecular formula is C19H21N3O4S. The maximum Gasteiger partial charge on any atom is 0.257 e. The molecule has 0 saturated carbocycles. The third kappa shape index (κ3) is 3.46. The molecule has 2 aliphatic rings. The van der Waals surface area contributed by atoms with Gasteiger partial charge in [0.2, 0.25) is 0 Å². The smallest absolute Gasteiger partial charge is 0.257 e. The van der Waals surface area contributed by atoms with E-state index in [1.165, 1.54) is 6.26 Å². The number of aryl methyl sites for hydroxylation is 2. The third-order valence-corrected chi connectivity index (χ3v) is 6.39. The Kier molecular flexibility index (Phi) is 4.47. The van der Waals surface area contributed by atoms with Gasteiger partial charge in [0.05, 0.1) is 29.2 Å². The third-order valence-electron chi connectivity index (χ3n) is 5.28. The first kappa shape index (κ1) is 18.1. The number of carbonyl (C=O) groups excluding carboxylic acids is 1. The lowest BCUT2D eigenvalue weighted by atomic mass is 9.82. The predicted octanol–water partition coefficient (Wildman–Crippen LogP) is 1.28. The lowest BCUT2D eigenvalue weighted by molar-refractivity contribution is -0.172. The fourth-order valence-corrected chi connectivity index (χ4v) is 4.12. The Labute approximate surface area is 158 Å². The molecule has 1 aromatic heterocycles. The number of likely N-dealkylation sites (tertiary alicyclic amines) is 1. The summed E-state index contributed by atoms with van der Waals surface area (Å²) >= 11 is 0. The van der Waals surface area contributed by atoms with Gasteiger partial charge in [-0.15, -0.1) is 0 Å². The van der Waals surface area contributed by atoms with Crippen LogP contribution in [0.4, 0.5) is 0 Å². The number of amides is 1. The fourth-order valence-electron chi connectivity index (χ4n) is 3.43. The lowest BCUT2D eigenvalue weighted by Crippen LogP contribution is -2.72. The number of benzene rings is 1. The summed E-state index contributed by atoms with van der Waals surface area (Å²) in [6.07, 6.45) is 6.53.